The molecule has 164 valence electrons. The number of hydrogen-bond acceptors (Lipinski definition) is 5. The minimum atomic E-state index is -1.82. The largest absolute Gasteiger partial charge is 0.711 e. The Kier molecular flexibility index (Phi) is 7.96. The molecule has 0 saturated heterocycles. The lowest BCUT2D eigenvalue weighted by Crippen LogP contribution is -2.52. The van der Waals surface area contributed by atoms with Gasteiger partial charge >= 0.3 is 13.0 Å². The van der Waals surface area contributed by atoms with Gasteiger partial charge in [-0.3, -0.25) is 4.79 Å². The van der Waals surface area contributed by atoms with Gasteiger partial charge < -0.3 is 20.6 Å². The van der Waals surface area contributed by atoms with Gasteiger partial charge in [0.15, 0.2) is 0 Å². The molecule has 0 radical (unpaired) electrons. The van der Waals surface area contributed by atoms with Gasteiger partial charge in [-0.25, -0.2) is 14.8 Å². The SMILES string of the molecule is O=C(Nc1cccc[n+]1[O-])C(Cc1ccccc1)C(=O)N[C@@H](Cc1ccccc1)B(O)O. The van der Waals surface area contributed by atoms with Crippen molar-refractivity contribution in [1.82, 2.24) is 5.32 Å². The standard InChI is InChI=1S/C23H24BN3O5/c28-22(25-20(24(30)31)16-18-11-5-2-6-12-18)19(15-17-9-3-1-4-10-17)23(29)26-21-13-7-8-14-27(21)32/h1-14,19-20,30-31H,15-16H2,(H,25,28)(H,26,29)/t19?,20-/m0/s1. The van der Waals surface area contributed by atoms with E-state index in [1.165, 1.54) is 18.3 Å². The molecular weight excluding hydrogens is 409 g/mol. The fraction of sp³-hybridized carbons (Fsp3) is 0.174. The van der Waals surface area contributed by atoms with Crippen LogP contribution in [0.2, 0.25) is 0 Å². The van der Waals surface area contributed by atoms with E-state index in [2.05, 4.69) is 10.6 Å². The summed E-state index contributed by atoms with van der Waals surface area (Å²) in [5, 5.41) is 36.6. The molecule has 8 nitrogen and oxygen atoms in total. The number of amides is 2. The molecule has 9 heteroatoms. The van der Waals surface area contributed by atoms with Crippen LogP contribution in [0.5, 0.6) is 0 Å². The normalized spacial score (nSPS) is 12.4. The fourth-order valence-electron chi connectivity index (χ4n) is 3.28. The molecular formula is C23H24BN3O5. The topological polar surface area (TPSA) is 126 Å². The van der Waals surface area contributed by atoms with Crippen molar-refractivity contribution in [3.8, 4) is 0 Å². The van der Waals surface area contributed by atoms with Gasteiger partial charge in [-0.05, 0) is 30.0 Å². The van der Waals surface area contributed by atoms with Crippen molar-refractivity contribution >= 4 is 24.8 Å². The molecule has 0 aliphatic rings. The van der Waals surface area contributed by atoms with Gasteiger partial charge in [0.2, 0.25) is 5.91 Å². The highest BCUT2D eigenvalue weighted by molar-refractivity contribution is 6.43. The highest BCUT2D eigenvalue weighted by Crippen LogP contribution is 2.13. The highest BCUT2D eigenvalue weighted by atomic mass is 16.5. The van der Waals surface area contributed by atoms with Crippen LogP contribution in [-0.2, 0) is 22.4 Å². The van der Waals surface area contributed by atoms with E-state index in [4.69, 9.17) is 0 Å². The van der Waals surface area contributed by atoms with Crippen LogP contribution in [0.15, 0.2) is 85.1 Å². The lowest BCUT2D eigenvalue weighted by molar-refractivity contribution is -0.590. The average molecular weight is 433 g/mol. The minimum Gasteiger partial charge on any atom is -0.711 e. The van der Waals surface area contributed by atoms with Crippen molar-refractivity contribution < 1.29 is 24.4 Å². The summed E-state index contributed by atoms with van der Waals surface area (Å²) in [6.45, 7) is 0. The third-order valence-corrected chi connectivity index (χ3v) is 4.98. The van der Waals surface area contributed by atoms with Gasteiger partial charge in [-0.15, -0.1) is 0 Å². The summed E-state index contributed by atoms with van der Waals surface area (Å²) < 4.78 is 0.491. The van der Waals surface area contributed by atoms with Gasteiger partial charge in [0.05, 0.1) is 12.1 Å². The Bertz CT molecular complexity index is 1030. The molecule has 1 unspecified atom stereocenters. The molecule has 0 aliphatic carbocycles. The summed E-state index contributed by atoms with van der Waals surface area (Å²) in [7, 11) is -1.82. The predicted octanol–water partition coefficient (Wildman–Crippen LogP) is 0.857. The van der Waals surface area contributed by atoms with Crippen LogP contribution in [0.3, 0.4) is 0 Å². The molecule has 0 fully saturated rings. The van der Waals surface area contributed by atoms with Crippen molar-refractivity contribution in [1.29, 1.82) is 0 Å². The maximum absolute atomic E-state index is 13.1. The van der Waals surface area contributed by atoms with E-state index < -0.39 is 30.8 Å². The van der Waals surface area contributed by atoms with Gasteiger partial charge in [0.1, 0.15) is 5.92 Å². The molecule has 0 aliphatic heterocycles. The van der Waals surface area contributed by atoms with E-state index in [1.807, 2.05) is 24.3 Å². The van der Waals surface area contributed by atoms with Crippen LogP contribution < -0.4 is 15.4 Å². The summed E-state index contributed by atoms with van der Waals surface area (Å²) in [6.07, 6.45) is 1.48. The van der Waals surface area contributed by atoms with Crippen molar-refractivity contribution in [2.45, 2.75) is 18.8 Å². The molecule has 2 amide bonds. The zero-order valence-corrected chi connectivity index (χ0v) is 17.3. The van der Waals surface area contributed by atoms with Gasteiger partial charge in [-0.1, -0.05) is 66.7 Å². The van der Waals surface area contributed by atoms with E-state index in [1.54, 1.807) is 42.5 Å². The first-order valence-electron chi connectivity index (χ1n) is 10.2. The summed E-state index contributed by atoms with van der Waals surface area (Å²) >= 11 is 0. The van der Waals surface area contributed by atoms with Crippen LogP contribution in [0.4, 0.5) is 5.82 Å². The Labute approximate surface area is 186 Å². The van der Waals surface area contributed by atoms with Crippen molar-refractivity contribution in [3.05, 3.63) is 101 Å². The quantitative estimate of drug-likeness (QED) is 0.172. The molecule has 0 saturated carbocycles. The number of benzene rings is 2. The third-order valence-electron chi connectivity index (χ3n) is 4.98. The Morgan fingerprint density at radius 1 is 0.844 bits per heavy atom. The fourth-order valence-corrected chi connectivity index (χ4v) is 3.28. The number of rotatable bonds is 9. The predicted molar refractivity (Wildman–Crippen MR) is 120 cm³/mol. The van der Waals surface area contributed by atoms with Crippen LogP contribution in [0, 0.1) is 11.1 Å². The summed E-state index contributed by atoms with van der Waals surface area (Å²) in [4.78, 5) is 26.1. The van der Waals surface area contributed by atoms with E-state index in [0.717, 1.165) is 11.1 Å². The number of aromatic nitrogens is 1. The summed E-state index contributed by atoms with van der Waals surface area (Å²) in [6, 6.07) is 22.6. The van der Waals surface area contributed by atoms with Crippen molar-refractivity contribution in [3.63, 3.8) is 0 Å². The smallest absolute Gasteiger partial charge is 0.475 e. The molecule has 2 aromatic carbocycles. The second-order valence-electron chi connectivity index (χ2n) is 7.36. The third kappa shape index (κ3) is 6.40. The molecule has 3 rings (SSSR count). The Hall–Kier alpha value is -3.69. The van der Waals surface area contributed by atoms with Gasteiger partial charge in [0, 0.05) is 6.07 Å². The maximum atomic E-state index is 13.1. The van der Waals surface area contributed by atoms with Crippen LogP contribution in [0.1, 0.15) is 11.1 Å². The molecule has 1 heterocycles. The highest BCUT2D eigenvalue weighted by Gasteiger charge is 2.34. The van der Waals surface area contributed by atoms with E-state index >= 15 is 0 Å². The molecule has 4 N–H and O–H groups in total. The van der Waals surface area contributed by atoms with E-state index in [0.29, 0.717) is 4.73 Å². The molecule has 1 aromatic heterocycles. The zero-order valence-electron chi connectivity index (χ0n) is 17.3. The monoisotopic (exact) mass is 433 g/mol. The van der Waals surface area contributed by atoms with Crippen molar-refractivity contribution in [2.75, 3.05) is 5.32 Å². The number of anilines is 1. The number of pyridine rings is 1. The number of nitrogens with one attached hydrogen (secondary N) is 2. The first kappa shape index (κ1) is 23.0. The number of carbonyl (C=O) groups is 2. The molecule has 2 atom stereocenters. The van der Waals surface area contributed by atoms with Gasteiger partial charge in [-0.2, -0.15) is 0 Å². The summed E-state index contributed by atoms with van der Waals surface area (Å²) in [5.74, 6) is -3.57. The van der Waals surface area contributed by atoms with E-state index in [-0.39, 0.29) is 18.7 Å². The Morgan fingerprint density at radius 3 is 1.97 bits per heavy atom. The lowest BCUT2D eigenvalue weighted by atomic mass is 9.75. The minimum absolute atomic E-state index is 0.00797. The number of nitrogens with zero attached hydrogens (tertiary/aromatic N) is 1. The first-order valence-corrected chi connectivity index (χ1v) is 10.2. The van der Waals surface area contributed by atoms with Gasteiger partial charge in [0.25, 0.3) is 5.82 Å². The zero-order chi connectivity index (χ0) is 22.9. The first-order chi connectivity index (χ1) is 15.4. The molecule has 0 spiro atoms. The molecule has 32 heavy (non-hydrogen) atoms. The number of hydrogen-bond donors (Lipinski definition) is 4. The average Bonchev–Trinajstić information content (AvgIpc) is 2.79. The van der Waals surface area contributed by atoms with Crippen molar-refractivity contribution in [2.24, 2.45) is 5.92 Å². The van der Waals surface area contributed by atoms with Crippen LogP contribution >= 0.6 is 0 Å². The van der Waals surface area contributed by atoms with E-state index in [9.17, 15) is 24.8 Å². The molecule has 0 bridgehead atoms. The Morgan fingerprint density at radius 2 is 1.41 bits per heavy atom. The number of carbonyl (C=O) groups excluding carboxylic acids is 2. The second kappa shape index (κ2) is 11.1. The molecule has 3 aromatic rings. The Balaban J connectivity index is 1.79. The van der Waals surface area contributed by atoms with Crippen LogP contribution in [0.25, 0.3) is 0 Å². The lowest BCUT2D eigenvalue weighted by Gasteiger charge is -2.21. The van der Waals surface area contributed by atoms with Crippen LogP contribution in [-0.4, -0.2) is 34.9 Å². The maximum Gasteiger partial charge on any atom is 0.475 e. The summed E-state index contributed by atoms with van der Waals surface area (Å²) in [5.41, 5.74) is 1.54. The second-order valence-corrected chi connectivity index (χ2v) is 7.36.